The normalized spacial score (nSPS) is 20.9. The van der Waals surface area contributed by atoms with E-state index in [0.29, 0.717) is 12.6 Å². The Morgan fingerprint density at radius 2 is 2.05 bits per heavy atom. The second-order valence-corrected chi connectivity index (χ2v) is 5.49. The van der Waals surface area contributed by atoms with Crippen molar-refractivity contribution in [3.05, 3.63) is 35.4 Å². The maximum atomic E-state index is 12.1. The average Bonchev–Trinajstić information content (AvgIpc) is 2.79. The Hall–Kier alpha value is -1.35. The first-order valence-electron chi connectivity index (χ1n) is 7.24. The summed E-state index contributed by atoms with van der Waals surface area (Å²) in [5.41, 5.74) is 2.43. The molecule has 2 rings (SSSR count). The molecule has 1 amide bonds. The molecule has 1 N–H and O–H groups in total. The largest absolute Gasteiger partial charge is 0.319 e. The standard InChI is InChI=1S/C16H24N2O/c1-4-5-6-13(3)18-15(19)11-17-16(18)14-9-7-12(2)8-10-14/h7-10,13,16-17H,4-6,11H2,1-3H3. The SMILES string of the molecule is CCCCC(C)N1C(=O)CNC1c1ccc(C)cc1. The van der Waals surface area contributed by atoms with Crippen LogP contribution in [0, 0.1) is 6.92 Å². The lowest BCUT2D eigenvalue weighted by Crippen LogP contribution is -2.37. The number of nitrogens with zero attached hydrogens (tertiary/aromatic N) is 1. The lowest BCUT2D eigenvalue weighted by Gasteiger charge is -2.30. The van der Waals surface area contributed by atoms with E-state index in [1.807, 2.05) is 4.90 Å². The summed E-state index contributed by atoms with van der Waals surface area (Å²) in [5.74, 6) is 0.217. The van der Waals surface area contributed by atoms with Gasteiger partial charge in [-0.3, -0.25) is 10.1 Å². The van der Waals surface area contributed by atoms with Crippen LogP contribution in [0.1, 0.15) is 50.4 Å². The molecule has 2 unspecified atom stereocenters. The number of rotatable bonds is 5. The maximum absolute atomic E-state index is 12.1. The van der Waals surface area contributed by atoms with Crippen LogP contribution in [0.15, 0.2) is 24.3 Å². The molecule has 0 aromatic heterocycles. The van der Waals surface area contributed by atoms with Crippen LogP contribution in [0.4, 0.5) is 0 Å². The summed E-state index contributed by atoms with van der Waals surface area (Å²) in [7, 11) is 0. The van der Waals surface area contributed by atoms with Crippen molar-refractivity contribution in [1.29, 1.82) is 0 Å². The van der Waals surface area contributed by atoms with E-state index in [9.17, 15) is 4.79 Å². The molecule has 0 spiro atoms. The minimum Gasteiger partial charge on any atom is -0.319 e. The third-order valence-electron chi connectivity index (χ3n) is 3.86. The third-order valence-corrected chi connectivity index (χ3v) is 3.86. The highest BCUT2D eigenvalue weighted by molar-refractivity contribution is 5.81. The molecule has 3 nitrogen and oxygen atoms in total. The van der Waals surface area contributed by atoms with E-state index >= 15 is 0 Å². The molecule has 1 aromatic rings. The van der Waals surface area contributed by atoms with Gasteiger partial charge in [-0.05, 0) is 25.8 Å². The van der Waals surface area contributed by atoms with Gasteiger partial charge in [0.15, 0.2) is 0 Å². The summed E-state index contributed by atoms with van der Waals surface area (Å²) in [6.45, 7) is 6.88. The van der Waals surface area contributed by atoms with E-state index in [-0.39, 0.29) is 12.1 Å². The van der Waals surface area contributed by atoms with Gasteiger partial charge < -0.3 is 4.90 Å². The number of carbonyl (C=O) groups excluding carboxylic acids is 1. The molecule has 0 saturated carbocycles. The molecule has 1 aliphatic rings. The van der Waals surface area contributed by atoms with Crippen molar-refractivity contribution < 1.29 is 4.79 Å². The molecular weight excluding hydrogens is 236 g/mol. The minimum absolute atomic E-state index is 0.0416. The van der Waals surface area contributed by atoms with E-state index in [4.69, 9.17) is 0 Å². The average molecular weight is 260 g/mol. The number of nitrogens with one attached hydrogen (secondary N) is 1. The van der Waals surface area contributed by atoms with Crippen molar-refractivity contribution >= 4 is 5.91 Å². The van der Waals surface area contributed by atoms with E-state index < -0.39 is 0 Å². The summed E-state index contributed by atoms with van der Waals surface area (Å²) >= 11 is 0. The Morgan fingerprint density at radius 3 is 2.68 bits per heavy atom. The van der Waals surface area contributed by atoms with Crippen LogP contribution in [0.5, 0.6) is 0 Å². The van der Waals surface area contributed by atoms with Gasteiger partial charge in [0, 0.05) is 6.04 Å². The van der Waals surface area contributed by atoms with Gasteiger partial charge in [0.05, 0.1) is 6.54 Å². The van der Waals surface area contributed by atoms with E-state index in [1.54, 1.807) is 0 Å². The Balaban J connectivity index is 2.14. The molecule has 1 aliphatic heterocycles. The topological polar surface area (TPSA) is 32.3 Å². The number of hydrogen-bond donors (Lipinski definition) is 1. The molecule has 0 radical (unpaired) electrons. The predicted octanol–water partition coefficient (Wildman–Crippen LogP) is 3.00. The molecule has 1 saturated heterocycles. The van der Waals surface area contributed by atoms with Gasteiger partial charge in [0.25, 0.3) is 0 Å². The highest BCUT2D eigenvalue weighted by Gasteiger charge is 2.34. The minimum atomic E-state index is 0.0416. The Morgan fingerprint density at radius 1 is 1.37 bits per heavy atom. The summed E-state index contributed by atoms with van der Waals surface area (Å²) in [4.78, 5) is 14.1. The molecule has 0 aliphatic carbocycles. The fourth-order valence-corrected chi connectivity index (χ4v) is 2.68. The van der Waals surface area contributed by atoms with Crippen molar-refractivity contribution in [1.82, 2.24) is 10.2 Å². The van der Waals surface area contributed by atoms with Gasteiger partial charge in [0.2, 0.25) is 5.91 Å². The van der Waals surface area contributed by atoms with Crippen LogP contribution in [0.25, 0.3) is 0 Å². The first-order valence-corrected chi connectivity index (χ1v) is 7.24. The quantitative estimate of drug-likeness (QED) is 0.882. The van der Waals surface area contributed by atoms with Crippen LogP contribution >= 0.6 is 0 Å². The van der Waals surface area contributed by atoms with Crippen molar-refractivity contribution in [3.63, 3.8) is 0 Å². The van der Waals surface area contributed by atoms with Crippen LogP contribution in [0.2, 0.25) is 0 Å². The maximum Gasteiger partial charge on any atom is 0.238 e. The molecule has 19 heavy (non-hydrogen) atoms. The van der Waals surface area contributed by atoms with Crippen molar-refractivity contribution in [2.45, 2.75) is 52.2 Å². The fourth-order valence-electron chi connectivity index (χ4n) is 2.68. The van der Waals surface area contributed by atoms with Crippen molar-refractivity contribution in [3.8, 4) is 0 Å². The molecule has 2 atom stereocenters. The number of benzene rings is 1. The monoisotopic (exact) mass is 260 g/mol. The first-order chi connectivity index (χ1) is 9.13. The van der Waals surface area contributed by atoms with Crippen LogP contribution in [-0.2, 0) is 4.79 Å². The zero-order valence-corrected chi connectivity index (χ0v) is 12.1. The number of hydrogen-bond acceptors (Lipinski definition) is 2. The van der Waals surface area contributed by atoms with Crippen molar-refractivity contribution in [2.24, 2.45) is 0 Å². The molecule has 1 heterocycles. The number of amides is 1. The Labute approximate surface area is 116 Å². The van der Waals surface area contributed by atoms with E-state index in [1.165, 1.54) is 24.0 Å². The number of aryl methyl sites for hydroxylation is 1. The van der Waals surface area contributed by atoms with Gasteiger partial charge in [-0.2, -0.15) is 0 Å². The Bertz CT molecular complexity index is 427. The van der Waals surface area contributed by atoms with E-state index in [2.05, 4.69) is 50.4 Å². The summed E-state index contributed by atoms with van der Waals surface area (Å²) in [6.07, 6.45) is 3.47. The van der Waals surface area contributed by atoms with Crippen LogP contribution < -0.4 is 5.32 Å². The fraction of sp³-hybridized carbons (Fsp3) is 0.562. The Kier molecular flexibility index (Phi) is 4.59. The smallest absolute Gasteiger partial charge is 0.238 e. The highest BCUT2D eigenvalue weighted by atomic mass is 16.2. The van der Waals surface area contributed by atoms with Crippen LogP contribution in [0.3, 0.4) is 0 Å². The molecule has 1 fully saturated rings. The lowest BCUT2D eigenvalue weighted by molar-refractivity contribution is -0.130. The molecule has 1 aromatic carbocycles. The number of unbranched alkanes of at least 4 members (excludes halogenated alkanes) is 1. The van der Waals surface area contributed by atoms with Gasteiger partial charge >= 0.3 is 0 Å². The zero-order valence-electron chi connectivity index (χ0n) is 12.1. The van der Waals surface area contributed by atoms with Gasteiger partial charge in [-0.25, -0.2) is 0 Å². The first kappa shape index (κ1) is 14.1. The van der Waals surface area contributed by atoms with Gasteiger partial charge in [-0.1, -0.05) is 49.6 Å². The molecule has 3 heteroatoms. The summed E-state index contributed by atoms with van der Waals surface area (Å²) in [5, 5.41) is 3.33. The summed E-state index contributed by atoms with van der Waals surface area (Å²) < 4.78 is 0. The lowest BCUT2D eigenvalue weighted by atomic mass is 10.1. The second-order valence-electron chi connectivity index (χ2n) is 5.49. The zero-order chi connectivity index (χ0) is 13.8. The summed E-state index contributed by atoms with van der Waals surface area (Å²) in [6, 6.07) is 8.74. The van der Waals surface area contributed by atoms with Gasteiger partial charge in [-0.15, -0.1) is 0 Å². The highest BCUT2D eigenvalue weighted by Crippen LogP contribution is 2.26. The van der Waals surface area contributed by atoms with E-state index in [0.717, 1.165) is 6.42 Å². The van der Waals surface area contributed by atoms with Crippen molar-refractivity contribution in [2.75, 3.05) is 6.54 Å². The second kappa shape index (κ2) is 6.20. The van der Waals surface area contributed by atoms with Gasteiger partial charge in [0.1, 0.15) is 6.17 Å². The molecule has 104 valence electrons. The molecule has 0 bridgehead atoms. The number of carbonyl (C=O) groups is 1. The molecular formula is C16H24N2O. The predicted molar refractivity (Wildman–Crippen MR) is 77.8 cm³/mol. The third kappa shape index (κ3) is 3.16. The van der Waals surface area contributed by atoms with Crippen LogP contribution in [-0.4, -0.2) is 23.4 Å².